The maximum atomic E-state index is 11.2. The van der Waals surface area contributed by atoms with Gasteiger partial charge in [0.2, 0.25) is 0 Å². The predicted molar refractivity (Wildman–Crippen MR) is 72.0 cm³/mol. The van der Waals surface area contributed by atoms with Crippen molar-refractivity contribution in [3.8, 4) is 0 Å². The van der Waals surface area contributed by atoms with Gasteiger partial charge < -0.3 is 5.32 Å². The summed E-state index contributed by atoms with van der Waals surface area (Å²) in [5, 5.41) is 3.72. The summed E-state index contributed by atoms with van der Waals surface area (Å²) in [6, 6.07) is 0. The Kier molecular flexibility index (Phi) is 5.70. The normalized spacial score (nSPS) is 29.6. The van der Waals surface area contributed by atoms with Crippen molar-refractivity contribution in [2.24, 2.45) is 11.8 Å². The molecule has 0 saturated carbocycles. The molecule has 0 aliphatic heterocycles. The average molecular weight is 243 g/mol. The Bertz CT molecular complexity index is 275. The molecule has 94 valence electrons. The van der Waals surface area contributed by atoms with Crippen LogP contribution in [0.2, 0.25) is 0 Å². The van der Waals surface area contributed by atoms with Gasteiger partial charge in [-0.15, -0.1) is 0 Å². The number of hydrogen-bond donors (Lipinski definition) is 1. The lowest BCUT2D eigenvalue weighted by Crippen LogP contribution is -2.34. The summed E-state index contributed by atoms with van der Waals surface area (Å²) in [6.45, 7) is 8.51. The first-order valence-corrected chi connectivity index (χ1v) is 7.84. The van der Waals surface area contributed by atoms with Gasteiger partial charge in [-0.1, -0.05) is 18.6 Å². The summed E-state index contributed by atoms with van der Waals surface area (Å²) < 4.78 is 11.2. The third-order valence-electron chi connectivity index (χ3n) is 3.72. The number of rotatable bonds is 5. The lowest BCUT2D eigenvalue weighted by atomic mass is 9.80. The third kappa shape index (κ3) is 4.02. The molecule has 0 spiro atoms. The molecule has 0 heterocycles. The van der Waals surface area contributed by atoms with E-state index in [9.17, 15) is 4.21 Å². The highest BCUT2D eigenvalue weighted by molar-refractivity contribution is 7.84. The van der Waals surface area contributed by atoms with Crippen molar-refractivity contribution in [3.63, 3.8) is 0 Å². The molecule has 4 atom stereocenters. The minimum atomic E-state index is -0.711. The fourth-order valence-electron chi connectivity index (χ4n) is 2.30. The minimum absolute atomic E-state index is 0.253. The van der Waals surface area contributed by atoms with Crippen LogP contribution < -0.4 is 5.32 Å². The lowest BCUT2D eigenvalue weighted by molar-refractivity contribution is 0.351. The molecule has 0 saturated heterocycles. The van der Waals surface area contributed by atoms with Gasteiger partial charge in [-0.05, 0) is 38.5 Å². The van der Waals surface area contributed by atoms with Crippen LogP contribution >= 0.6 is 0 Å². The Morgan fingerprint density at radius 2 is 2.31 bits per heavy atom. The Hall–Kier alpha value is -0.150. The summed E-state index contributed by atoms with van der Waals surface area (Å²) in [6.07, 6.45) is 6.69. The average Bonchev–Trinajstić information content (AvgIpc) is 2.22. The molecule has 0 radical (unpaired) electrons. The largest absolute Gasteiger partial charge is 0.315 e. The van der Waals surface area contributed by atoms with E-state index in [-0.39, 0.29) is 5.25 Å². The van der Waals surface area contributed by atoms with Gasteiger partial charge in [-0.3, -0.25) is 4.21 Å². The minimum Gasteiger partial charge on any atom is -0.315 e. The molecule has 0 aromatic heterocycles. The van der Waals surface area contributed by atoms with Gasteiger partial charge >= 0.3 is 0 Å². The SMILES string of the molecule is CC1=CCC[C@@H](C)[C@H]1CNC[C@@H](C)[S@](C)=O. The molecule has 3 heteroatoms. The maximum absolute atomic E-state index is 11.2. The molecule has 1 rings (SSSR count). The van der Waals surface area contributed by atoms with E-state index >= 15 is 0 Å². The molecule has 1 N–H and O–H groups in total. The van der Waals surface area contributed by atoms with Crippen molar-refractivity contribution in [2.75, 3.05) is 19.3 Å². The quantitative estimate of drug-likeness (QED) is 0.751. The first-order chi connectivity index (χ1) is 7.52. The van der Waals surface area contributed by atoms with E-state index in [1.54, 1.807) is 6.26 Å². The zero-order valence-corrected chi connectivity index (χ0v) is 11.8. The Morgan fingerprint density at radius 3 is 2.88 bits per heavy atom. The van der Waals surface area contributed by atoms with Crippen molar-refractivity contribution in [3.05, 3.63) is 11.6 Å². The van der Waals surface area contributed by atoms with Crippen LogP contribution in [-0.4, -0.2) is 28.8 Å². The highest BCUT2D eigenvalue weighted by atomic mass is 32.2. The summed E-state index contributed by atoms with van der Waals surface area (Å²) in [7, 11) is -0.711. The van der Waals surface area contributed by atoms with Crippen LogP contribution in [0.3, 0.4) is 0 Å². The number of allylic oxidation sites excluding steroid dienone is 1. The van der Waals surface area contributed by atoms with Gasteiger partial charge in [-0.25, -0.2) is 0 Å². The predicted octanol–water partition coefficient (Wildman–Crippen LogP) is 2.34. The number of nitrogens with one attached hydrogen (secondary N) is 1. The van der Waals surface area contributed by atoms with Crippen molar-refractivity contribution in [1.29, 1.82) is 0 Å². The molecule has 0 aromatic rings. The number of hydrogen-bond acceptors (Lipinski definition) is 2. The van der Waals surface area contributed by atoms with Crippen LogP contribution in [0.5, 0.6) is 0 Å². The molecule has 2 nitrogen and oxygen atoms in total. The van der Waals surface area contributed by atoms with Crippen LogP contribution in [0.25, 0.3) is 0 Å². The molecule has 16 heavy (non-hydrogen) atoms. The van der Waals surface area contributed by atoms with Gasteiger partial charge in [0.05, 0.1) is 0 Å². The first-order valence-electron chi connectivity index (χ1n) is 6.22. The second-order valence-electron chi connectivity index (χ2n) is 5.08. The second kappa shape index (κ2) is 6.55. The molecule has 1 aliphatic rings. The Balaban J connectivity index is 2.34. The molecule has 0 aromatic carbocycles. The van der Waals surface area contributed by atoms with Crippen molar-refractivity contribution in [2.45, 2.75) is 38.9 Å². The van der Waals surface area contributed by atoms with Gasteiger partial charge in [0.15, 0.2) is 0 Å². The van der Waals surface area contributed by atoms with E-state index in [1.807, 2.05) is 6.92 Å². The van der Waals surface area contributed by atoms with Crippen molar-refractivity contribution in [1.82, 2.24) is 5.32 Å². The van der Waals surface area contributed by atoms with Crippen molar-refractivity contribution < 1.29 is 4.21 Å². The van der Waals surface area contributed by atoms with Crippen LogP contribution in [0.1, 0.15) is 33.6 Å². The van der Waals surface area contributed by atoms with Crippen LogP contribution in [0.4, 0.5) is 0 Å². The summed E-state index contributed by atoms with van der Waals surface area (Å²) in [5.41, 5.74) is 1.52. The van der Waals surface area contributed by atoms with E-state index in [0.717, 1.165) is 19.0 Å². The fourth-order valence-corrected chi connectivity index (χ4v) is 2.65. The van der Waals surface area contributed by atoms with E-state index in [1.165, 1.54) is 18.4 Å². The monoisotopic (exact) mass is 243 g/mol. The summed E-state index contributed by atoms with van der Waals surface area (Å²) in [5.74, 6) is 1.45. The molecular weight excluding hydrogens is 218 g/mol. The molecule has 0 unspecified atom stereocenters. The highest BCUT2D eigenvalue weighted by Crippen LogP contribution is 2.29. The zero-order valence-electron chi connectivity index (χ0n) is 11.0. The molecule has 0 amide bonds. The summed E-state index contributed by atoms with van der Waals surface area (Å²) in [4.78, 5) is 0. The highest BCUT2D eigenvalue weighted by Gasteiger charge is 2.21. The Morgan fingerprint density at radius 1 is 1.62 bits per heavy atom. The van der Waals surface area contributed by atoms with Crippen molar-refractivity contribution >= 4 is 10.8 Å². The molecule has 0 bridgehead atoms. The van der Waals surface area contributed by atoms with E-state index in [0.29, 0.717) is 5.92 Å². The standard InChI is InChI=1S/C13H25NOS/c1-10-6-5-7-11(2)13(10)9-14-8-12(3)16(4)15/h6,11-14H,5,7-9H2,1-4H3/t11-,12-,13+,16+/m1/s1. The fraction of sp³-hybridized carbons (Fsp3) is 0.846. The maximum Gasteiger partial charge on any atom is 0.0441 e. The zero-order chi connectivity index (χ0) is 12.1. The van der Waals surface area contributed by atoms with E-state index in [2.05, 4.69) is 25.2 Å². The van der Waals surface area contributed by atoms with Crippen LogP contribution in [0.15, 0.2) is 11.6 Å². The lowest BCUT2D eigenvalue weighted by Gasteiger charge is -2.29. The van der Waals surface area contributed by atoms with Gasteiger partial charge in [0.25, 0.3) is 0 Å². The third-order valence-corrected chi connectivity index (χ3v) is 5.02. The van der Waals surface area contributed by atoms with Gasteiger partial charge in [-0.2, -0.15) is 0 Å². The van der Waals surface area contributed by atoms with Crippen LogP contribution in [-0.2, 0) is 10.8 Å². The van der Waals surface area contributed by atoms with Crippen LogP contribution in [0, 0.1) is 11.8 Å². The topological polar surface area (TPSA) is 29.1 Å². The first kappa shape index (κ1) is 13.9. The second-order valence-corrected chi connectivity index (χ2v) is 6.88. The molecular formula is C13H25NOS. The summed E-state index contributed by atoms with van der Waals surface area (Å²) >= 11 is 0. The molecule has 0 fully saturated rings. The van der Waals surface area contributed by atoms with Gasteiger partial charge in [0, 0.05) is 35.4 Å². The van der Waals surface area contributed by atoms with E-state index in [4.69, 9.17) is 0 Å². The molecule has 1 aliphatic carbocycles. The Labute approximate surface area is 102 Å². The van der Waals surface area contributed by atoms with Gasteiger partial charge in [0.1, 0.15) is 0 Å². The van der Waals surface area contributed by atoms with E-state index < -0.39 is 10.8 Å². The smallest absolute Gasteiger partial charge is 0.0441 e.